The third-order valence-electron chi connectivity index (χ3n) is 3.61. The normalized spacial score (nSPS) is 18.1. The fourth-order valence-electron chi connectivity index (χ4n) is 2.29. The molecule has 0 bridgehead atoms. The number of aromatic nitrogens is 1. The zero-order valence-corrected chi connectivity index (χ0v) is 12.2. The molecule has 20 heavy (non-hydrogen) atoms. The minimum Gasteiger partial charge on any atom is -0.395 e. The third kappa shape index (κ3) is 3.20. The van der Waals surface area contributed by atoms with E-state index in [1.165, 1.54) is 6.20 Å². The number of carbonyl (C=O) groups excluding carboxylic acids is 1. The Balaban J connectivity index is 2.05. The number of hydrogen-bond donors (Lipinski definition) is 2. The first kappa shape index (κ1) is 15.0. The van der Waals surface area contributed by atoms with E-state index in [0.29, 0.717) is 16.4 Å². The summed E-state index contributed by atoms with van der Waals surface area (Å²) in [6.07, 6.45) is 1.45. The fourth-order valence-corrected chi connectivity index (χ4v) is 2.57. The highest BCUT2D eigenvalue weighted by Crippen LogP contribution is 2.25. The van der Waals surface area contributed by atoms with E-state index in [9.17, 15) is 4.79 Å². The molecule has 3 N–H and O–H groups in total. The molecular weight excluding hydrogens is 280 g/mol. The Morgan fingerprint density at radius 2 is 2.15 bits per heavy atom. The molecule has 0 spiro atoms. The lowest BCUT2D eigenvalue weighted by Gasteiger charge is -2.38. The average molecular weight is 299 g/mol. The van der Waals surface area contributed by atoms with Gasteiger partial charge in [0.2, 0.25) is 5.91 Å². The van der Waals surface area contributed by atoms with Crippen LogP contribution in [0.3, 0.4) is 0 Å². The van der Waals surface area contributed by atoms with Crippen molar-refractivity contribution in [2.24, 2.45) is 5.73 Å². The molecule has 1 atom stereocenters. The van der Waals surface area contributed by atoms with Crippen LogP contribution in [0.25, 0.3) is 0 Å². The van der Waals surface area contributed by atoms with Crippen LogP contribution < -0.4 is 10.6 Å². The number of amides is 1. The van der Waals surface area contributed by atoms with Crippen molar-refractivity contribution in [1.82, 2.24) is 9.88 Å². The van der Waals surface area contributed by atoms with Gasteiger partial charge in [0.05, 0.1) is 17.2 Å². The first-order chi connectivity index (χ1) is 9.52. The van der Waals surface area contributed by atoms with E-state index >= 15 is 0 Å². The Hall–Kier alpha value is -1.37. The van der Waals surface area contributed by atoms with Gasteiger partial charge in [0.25, 0.3) is 0 Å². The number of nitrogens with two attached hydrogens (primary N) is 1. The second-order valence-electron chi connectivity index (χ2n) is 4.95. The number of pyridine rings is 1. The molecule has 1 aliphatic rings. The first-order valence-corrected chi connectivity index (χ1v) is 6.96. The number of nitrogens with zero attached hydrogens (tertiary/aromatic N) is 3. The summed E-state index contributed by atoms with van der Waals surface area (Å²) in [5.74, 6) is 0.139. The minimum absolute atomic E-state index is 0.159. The molecule has 1 aromatic rings. The molecule has 110 valence electrons. The van der Waals surface area contributed by atoms with E-state index in [1.54, 1.807) is 6.07 Å². The number of aliphatic hydroxyl groups is 1. The van der Waals surface area contributed by atoms with E-state index in [-0.39, 0.29) is 12.6 Å². The maximum Gasteiger partial charge on any atom is 0.250 e. The average Bonchev–Trinajstić information content (AvgIpc) is 2.46. The molecule has 0 aliphatic carbocycles. The molecule has 0 aromatic carbocycles. The van der Waals surface area contributed by atoms with Gasteiger partial charge in [-0.2, -0.15) is 0 Å². The lowest BCUT2D eigenvalue weighted by Crippen LogP contribution is -2.50. The maximum absolute atomic E-state index is 11.1. The van der Waals surface area contributed by atoms with Crippen molar-refractivity contribution >= 4 is 23.3 Å². The van der Waals surface area contributed by atoms with Crippen LogP contribution >= 0.6 is 11.6 Å². The van der Waals surface area contributed by atoms with Crippen molar-refractivity contribution in [3.63, 3.8) is 0 Å². The highest BCUT2D eigenvalue weighted by Gasteiger charge is 2.23. The van der Waals surface area contributed by atoms with Crippen LogP contribution in [0.1, 0.15) is 17.3 Å². The molecule has 1 saturated heterocycles. The Kier molecular flexibility index (Phi) is 4.80. The molecule has 6 nitrogen and oxygen atoms in total. The molecule has 1 aromatic heterocycles. The molecular formula is C13H19ClN4O2. The largest absolute Gasteiger partial charge is 0.395 e. The van der Waals surface area contributed by atoms with Gasteiger partial charge in [-0.05, 0) is 13.0 Å². The first-order valence-electron chi connectivity index (χ1n) is 6.58. The van der Waals surface area contributed by atoms with Gasteiger partial charge in [0, 0.05) is 38.4 Å². The van der Waals surface area contributed by atoms with Gasteiger partial charge in [-0.15, -0.1) is 0 Å². The van der Waals surface area contributed by atoms with E-state index in [4.69, 9.17) is 22.4 Å². The zero-order valence-electron chi connectivity index (χ0n) is 11.4. The van der Waals surface area contributed by atoms with Crippen molar-refractivity contribution < 1.29 is 9.90 Å². The van der Waals surface area contributed by atoms with Crippen LogP contribution in [0.5, 0.6) is 0 Å². The number of piperazine rings is 1. The van der Waals surface area contributed by atoms with Gasteiger partial charge in [-0.25, -0.2) is 4.98 Å². The van der Waals surface area contributed by atoms with Gasteiger partial charge in [-0.3, -0.25) is 9.69 Å². The molecule has 1 aliphatic heterocycles. The second kappa shape index (κ2) is 6.39. The van der Waals surface area contributed by atoms with Crippen LogP contribution in [0.2, 0.25) is 5.02 Å². The van der Waals surface area contributed by atoms with Crippen molar-refractivity contribution in [1.29, 1.82) is 0 Å². The summed E-state index contributed by atoms with van der Waals surface area (Å²) >= 11 is 6.17. The maximum atomic E-state index is 11.1. The highest BCUT2D eigenvalue weighted by atomic mass is 35.5. The molecule has 2 rings (SSSR count). The van der Waals surface area contributed by atoms with Crippen LogP contribution in [-0.4, -0.2) is 59.7 Å². The summed E-state index contributed by atoms with van der Waals surface area (Å²) in [7, 11) is 0. The second-order valence-corrected chi connectivity index (χ2v) is 5.36. The number of carbonyl (C=O) groups is 1. The third-order valence-corrected chi connectivity index (χ3v) is 3.89. The number of rotatable bonds is 4. The number of primary amides is 1. The Labute approximate surface area is 123 Å². The summed E-state index contributed by atoms with van der Waals surface area (Å²) < 4.78 is 0. The van der Waals surface area contributed by atoms with Crippen LogP contribution in [0.15, 0.2) is 12.3 Å². The van der Waals surface area contributed by atoms with Gasteiger partial charge in [-0.1, -0.05) is 11.6 Å². The summed E-state index contributed by atoms with van der Waals surface area (Å²) in [5, 5.41) is 9.60. The quantitative estimate of drug-likeness (QED) is 0.837. The number of aliphatic hydroxyl groups excluding tert-OH is 1. The summed E-state index contributed by atoms with van der Waals surface area (Å²) in [5.41, 5.74) is 5.51. The summed E-state index contributed by atoms with van der Waals surface area (Å²) in [4.78, 5) is 19.6. The molecule has 7 heteroatoms. The van der Waals surface area contributed by atoms with Gasteiger partial charge in [0.1, 0.15) is 5.82 Å². The van der Waals surface area contributed by atoms with Gasteiger partial charge < -0.3 is 15.7 Å². The van der Waals surface area contributed by atoms with Crippen LogP contribution in [0.4, 0.5) is 5.82 Å². The molecule has 1 unspecified atom stereocenters. The number of anilines is 1. The molecule has 0 saturated carbocycles. The molecule has 1 amide bonds. The van der Waals surface area contributed by atoms with Crippen molar-refractivity contribution in [3.8, 4) is 0 Å². The SMILES string of the molecule is CC(CO)N1CCN(c2ncc(C(N)=O)cc2Cl)CC1. The van der Waals surface area contributed by atoms with E-state index in [0.717, 1.165) is 26.2 Å². The molecule has 2 heterocycles. The minimum atomic E-state index is -0.535. The Bertz CT molecular complexity index is 489. The lowest BCUT2D eigenvalue weighted by molar-refractivity contribution is 0.1000. The van der Waals surface area contributed by atoms with Crippen LogP contribution in [0, 0.1) is 0 Å². The predicted octanol–water partition coefficient (Wildman–Crippen LogP) is 0.337. The summed E-state index contributed by atoms with van der Waals surface area (Å²) in [6.45, 7) is 5.42. The number of hydrogen-bond acceptors (Lipinski definition) is 5. The zero-order chi connectivity index (χ0) is 14.7. The molecule has 0 radical (unpaired) electrons. The number of halogens is 1. The standard InChI is InChI=1S/C13H19ClN4O2/c1-9(8-19)17-2-4-18(5-3-17)13-11(14)6-10(7-16-13)12(15)20/h6-7,9,19H,2-5,8H2,1H3,(H2,15,20). The van der Waals surface area contributed by atoms with E-state index < -0.39 is 5.91 Å². The van der Waals surface area contributed by atoms with Gasteiger partial charge in [0.15, 0.2) is 0 Å². The predicted molar refractivity (Wildman–Crippen MR) is 78.1 cm³/mol. The topological polar surface area (TPSA) is 82.7 Å². The smallest absolute Gasteiger partial charge is 0.250 e. The highest BCUT2D eigenvalue weighted by molar-refractivity contribution is 6.33. The van der Waals surface area contributed by atoms with E-state index in [1.807, 2.05) is 6.92 Å². The van der Waals surface area contributed by atoms with E-state index in [2.05, 4.69) is 14.8 Å². The monoisotopic (exact) mass is 298 g/mol. The van der Waals surface area contributed by atoms with Crippen LogP contribution in [-0.2, 0) is 0 Å². The van der Waals surface area contributed by atoms with Crippen molar-refractivity contribution in [2.45, 2.75) is 13.0 Å². The van der Waals surface area contributed by atoms with Crippen molar-refractivity contribution in [2.75, 3.05) is 37.7 Å². The summed E-state index contributed by atoms with van der Waals surface area (Å²) in [6, 6.07) is 1.72. The van der Waals surface area contributed by atoms with Crippen molar-refractivity contribution in [3.05, 3.63) is 22.8 Å². The fraction of sp³-hybridized carbons (Fsp3) is 0.538. The lowest BCUT2D eigenvalue weighted by atomic mass is 10.2. The Morgan fingerprint density at radius 3 is 2.65 bits per heavy atom. The molecule has 1 fully saturated rings. The van der Waals surface area contributed by atoms with Gasteiger partial charge >= 0.3 is 0 Å². The Morgan fingerprint density at radius 1 is 1.50 bits per heavy atom.